The average Bonchev–Trinajstić information content (AvgIpc) is 2.97. The maximum absolute atomic E-state index is 12.7. The Bertz CT molecular complexity index is 1100. The van der Waals surface area contributed by atoms with Crippen molar-refractivity contribution in [1.82, 2.24) is 4.90 Å². The van der Waals surface area contributed by atoms with Gasteiger partial charge in [0, 0.05) is 10.7 Å². The van der Waals surface area contributed by atoms with Crippen molar-refractivity contribution in [2.75, 3.05) is 18.5 Å². The lowest BCUT2D eigenvalue weighted by atomic mass is 10.2. The second-order valence-corrected chi connectivity index (χ2v) is 9.93. The van der Waals surface area contributed by atoms with Crippen LogP contribution in [-0.4, -0.2) is 35.1 Å². The van der Waals surface area contributed by atoms with Crippen LogP contribution in [0, 0.1) is 12.8 Å². The number of hydrogen-bond donors (Lipinski definition) is 1. The number of halogens is 2. The maximum Gasteiger partial charge on any atom is 0.294 e. The van der Waals surface area contributed by atoms with E-state index in [1.165, 1.54) is 0 Å². The number of ether oxygens (including phenoxy) is 1. The fourth-order valence-corrected chi connectivity index (χ4v) is 4.31. The summed E-state index contributed by atoms with van der Waals surface area (Å²) in [7, 11) is 0. The van der Waals surface area contributed by atoms with Crippen LogP contribution in [0.15, 0.2) is 45.8 Å². The molecule has 32 heavy (non-hydrogen) atoms. The first kappa shape index (κ1) is 24.4. The molecule has 1 aliphatic heterocycles. The van der Waals surface area contributed by atoms with E-state index in [0.29, 0.717) is 29.0 Å². The molecule has 1 heterocycles. The van der Waals surface area contributed by atoms with Crippen LogP contribution in [0.4, 0.5) is 10.5 Å². The second kappa shape index (κ2) is 10.6. The van der Waals surface area contributed by atoms with Crippen LogP contribution < -0.4 is 10.1 Å². The molecule has 1 N–H and O–H groups in total. The molecule has 0 atom stereocenters. The summed E-state index contributed by atoms with van der Waals surface area (Å²) in [6.07, 6.45) is 1.62. The van der Waals surface area contributed by atoms with E-state index in [0.717, 1.165) is 32.3 Å². The minimum atomic E-state index is -0.506. The second-order valence-electron chi connectivity index (χ2n) is 7.67. The molecule has 0 bridgehead atoms. The predicted octanol–water partition coefficient (Wildman–Crippen LogP) is 6.12. The standard InChI is InChI=1S/C23H22BrClN2O4S/c1-13(2)12-31-19-7-5-15(8-17(19)24)9-20-22(29)27(23(30)32-20)11-21(28)26-16-6-4-14(3)18(25)10-16/h4-10,13H,11-12H2,1-3H3,(H,26,28)/b20-9+. The number of amides is 3. The molecule has 0 saturated carbocycles. The molecule has 0 unspecified atom stereocenters. The Morgan fingerprint density at radius 1 is 1.25 bits per heavy atom. The van der Waals surface area contributed by atoms with Crippen LogP contribution in [0.3, 0.4) is 0 Å². The SMILES string of the molecule is Cc1ccc(NC(=O)CN2C(=O)S/C(=C/c3ccc(OCC(C)C)c(Br)c3)C2=O)cc1Cl. The third-order valence-corrected chi connectivity index (χ3v) is 6.39. The molecule has 3 amide bonds. The highest BCUT2D eigenvalue weighted by Gasteiger charge is 2.36. The molecule has 3 rings (SSSR count). The monoisotopic (exact) mass is 536 g/mol. The highest BCUT2D eigenvalue weighted by molar-refractivity contribution is 9.10. The molecule has 2 aromatic rings. The minimum Gasteiger partial charge on any atom is -0.492 e. The van der Waals surface area contributed by atoms with E-state index >= 15 is 0 Å². The lowest BCUT2D eigenvalue weighted by Crippen LogP contribution is -2.36. The molecule has 9 heteroatoms. The summed E-state index contributed by atoms with van der Waals surface area (Å²) in [5.41, 5.74) is 2.11. The Morgan fingerprint density at radius 2 is 2.00 bits per heavy atom. The van der Waals surface area contributed by atoms with Gasteiger partial charge in [0.25, 0.3) is 11.1 Å². The fourth-order valence-electron chi connectivity index (χ4n) is 2.78. The number of carbonyl (C=O) groups excluding carboxylic acids is 3. The molecule has 1 aliphatic rings. The van der Waals surface area contributed by atoms with Crippen molar-refractivity contribution in [3.8, 4) is 5.75 Å². The number of nitrogens with zero attached hydrogens (tertiary/aromatic N) is 1. The Balaban J connectivity index is 1.67. The molecule has 168 valence electrons. The zero-order chi connectivity index (χ0) is 23.4. The minimum absolute atomic E-state index is 0.254. The van der Waals surface area contributed by atoms with Gasteiger partial charge in [0.15, 0.2) is 0 Å². The van der Waals surface area contributed by atoms with Crippen molar-refractivity contribution in [2.24, 2.45) is 5.92 Å². The van der Waals surface area contributed by atoms with Crippen molar-refractivity contribution >= 4 is 68.1 Å². The van der Waals surface area contributed by atoms with E-state index < -0.39 is 17.1 Å². The zero-order valence-corrected chi connectivity index (χ0v) is 20.9. The average molecular weight is 538 g/mol. The number of benzene rings is 2. The van der Waals surface area contributed by atoms with Gasteiger partial charge >= 0.3 is 0 Å². The smallest absolute Gasteiger partial charge is 0.294 e. The normalized spacial score (nSPS) is 15.1. The lowest BCUT2D eigenvalue weighted by molar-refractivity contribution is -0.127. The van der Waals surface area contributed by atoms with Gasteiger partial charge in [-0.2, -0.15) is 0 Å². The van der Waals surface area contributed by atoms with Gasteiger partial charge in [0.2, 0.25) is 5.91 Å². The topological polar surface area (TPSA) is 75.7 Å². The number of aryl methyl sites for hydroxylation is 1. The van der Waals surface area contributed by atoms with Crippen LogP contribution in [0.2, 0.25) is 5.02 Å². The van der Waals surface area contributed by atoms with Crippen molar-refractivity contribution in [3.63, 3.8) is 0 Å². The van der Waals surface area contributed by atoms with Crippen LogP contribution >= 0.6 is 39.3 Å². The summed E-state index contributed by atoms with van der Waals surface area (Å²) >= 11 is 10.3. The molecule has 1 saturated heterocycles. The first-order valence-electron chi connectivity index (χ1n) is 9.87. The predicted molar refractivity (Wildman–Crippen MR) is 132 cm³/mol. The zero-order valence-electron chi connectivity index (χ0n) is 17.8. The van der Waals surface area contributed by atoms with Crippen LogP contribution in [0.5, 0.6) is 5.75 Å². The van der Waals surface area contributed by atoms with Crippen molar-refractivity contribution in [3.05, 3.63) is 61.9 Å². The molecule has 0 aromatic heterocycles. The number of anilines is 1. The van der Waals surface area contributed by atoms with E-state index in [9.17, 15) is 14.4 Å². The van der Waals surface area contributed by atoms with E-state index in [1.807, 2.05) is 25.1 Å². The summed E-state index contributed by atoms with van der Waals surface area (Å²) < 4.78 is 6.48. The first-order chi connectivity index (χ1) is 15.1. The molecule has 2 aromatic carbocycles. The van der Waals surface area contributed by atoms with E-state index in [4.69, 9.17) is 16.3 Å². The number of imide groups is 1. The van der Waals surface area contributed by atoms with Crippen LogP contribution in [0.1, 0.15) is 25.0 Å². The lowest BCUT2D eigenvalue weighted by Gasteiger charge is -2.13. The number of rotatable bonds is 7. The summed E-state index contributed by atoms with van der Waals surface area (Å²) in [6, 6.07) is 10.5. The van der Waals surface area contributed by atoms with Gasteiger partial charge in [0.1, 0.15) is 12.3 Å². The number of hydrogen-bond acceptors (Lipinski definition) is 5. The summed E-state index contributed by atoms with van der Waals surface area (Å²) in [5, 5.41) is 2.68. The van der Waals surface area contributed by atoms with Crippen LogP contribution in [0.25, 0.3) is 6.08 Å². The largest absolute Gasteiger partial charge is 0.492 e. The Hall–Kier alpha value is -2.29. The Labute approximate surface area is 204 Å². The van der Waals surface area contributed by atoms with Crippen molar-refractivity contribution < 1.29 is 19.1 Å². The third-order valence-electron chi connectivity index (χ3n) is 4.46. The van der Waals surface area contributed by atoms with Gasteiger partial charge in [-0.25, -0.2) is 0 Å². The fraction of sp³-hybridized carbons (Fsp3) is 0.261. The van der Waals surface area contributed by atoms with Crippen molar-refractivity contribution in [1.29, 1.82) is 0 Å². The van der Waals surface area contributed by atoms with E-state index in [2.05, 4.69) is 35.1 Å². The summed E-state index contributed by atoms with van der Waals surface area (Å²) in [4.78, 5) is 38.6. The molecular formula is C23H22BrClN2O4S. The van der Waals surface area contributed by atoms with Gasteiger partial charge in [0.05, 0.1) is 16.0 Å². The number of thioether (sulfide) groups is 1. The number of nitrogens with one attached hydrogen (secondary N) is 1. The molecule has 0 aliphatic carbocycles. The van der Waals surface area contributed by atoms with Crippen molar-refractivity contribution in [2.45, 2.75) is 20.8 Å². The first-order valence-corrected chi connectivity index (χ1v) is 11.9. The van der Waals surface area contributed by atoms with Gasteiger partial charge in [-0.05, 0) is 82.0 Å². The Morgan fingerprint density at radius 3 is 2.66 bits per heavy atom. The molecule has 6 nitrogen and oxygen atoms in total. The van der Waals surface area contributed by atoms with E-state index in [1.54, 1.807) is 24.3 Å². The molecule has 0 radical (unpaired) electrons. The van der Waals surface area contributed by atoms with Gasteiger partial charge in [-0.15, -0.1) is 0 Å². The quantitative estimate of drug-likeness (QED) is 0.431. The molecular weight excluding hydrogens is 516 g/mol. The molecule has 0 spiro atoms. The summed E-state index contributed by atoms with van der Waals surface area (Å²) in [5.74, 6) is 0.112. The van der Waals surface area contributed by atoms with Gasteiger partial charge < -0.3 is 10.1 Å². The van der Waals surface area contributed by atoms with Gasteiger partial charge in [-0.3, -0.25) is 19.3 Å². The maximum atomic E-state index is 12.7. The highest BCUT2D eigenvalue weighted by Crippen LogP contribution is 2.34. The van der Waals surface area contributed by atoms with Crippen LogP contribution in [-0.2, 0) is 9.59 Å². The highest BCUT2D eigenvalue weighted by atomic mass is 79.9. The summed E-state index contributed by atoms with van der Waals surface area (Å²) in [6.45, 7) is 6.20. The molecule has 1 fully saturated rings. The third kappa shape index (κ3) is 6.15. The van der Waals surface area contributed by atoms with Gasteiger partial charge in [-0.1, -0.05) is 37.6 Å². The number of carbonyl (C=O) groups is 3. The Kier molecular flexibility index (Phi) is 8.03. The van der Waals surface area contributed by atoms with E-state index in [-0.39, 0.29) is 11.4 Å².